The molecule has 0 unspecified atom stereocenters. The summed E-state index contributed by atoms with van der Waals surface area (Å²) in [6, 6.07) is 12.6. The summed E-state index contributed by atoms with van der Waals surface area (Å²) in [6.07, 6.45) is 2.15. The lowest BCUT2D eigenvalue weighted by Crippen LogP contribution is -2.12. The predicted octanol–water partition coefficient (Wildman–Crippen LogP) is 5.24. The number of aryl methyl sites for hydroxylation is 1. The number of nitro benzene ring substituents is 1. The minimum Gasteiger partial charge on any atom is -0.434 e. The summed E-state index contributed by atoms with van der Waals surface area (Å²) in [5, 5.41) is 18.9. The van der Waals surface area contributed by atoms with Crippen LogP contribution >= 0.6 is 11.6 Å². The first-order valence-corrected chi connectivity index (χ1v) is 9.58. The molecule has 1 aliphatic carbocycles. The molecule has 152 valence electrons. The van der Waals surface area contributed by atoms with Gasteiger partial charge in [0.1, 0.15) is 11.3 Å². The van der Waals surface area contributed by atoms with Gasteiger partial charge in [0.15, 0.2) is 10.9 Å². The predicted molar refractivity (Wildman–Crippen MR) is 108 cm³/mol. The number of ether oxygens (including phenoxy) is 2. The molecule has 0 atom stereocenters. The zero-order chi connectivity index (χ0) is 21.3. The number of nitro groups is 1. The Morgan fingerprint density at radius 1 is 1.17 bits per heavy atom. The third-order valence-electron chi connectivity index (χ3n) is 4.68. The molecule has 0 N–H and O–H groups in total. The molecule has 1 heterocycles. The Hall–Kier alpha value is -3.52. The molecule has 1 aromatic heterocycles. The van der Waals surface area contributed by atoms with Crippen molar-refractivity contribution < 1.29 is 19.2 Å². The standard InChI is InChI=1S/C21H16ClN3O5/c1-12-5-4-7-14(13-9-10-13)19(12)30-20-17(11-18(22)23-24-20)29-21(26)15-6-2-3-8-16(15)25(27)28/h2-8,11,13H,9-10H2,1H3. The number of benzene rings is 2. The average Bonchev–Trinajstić information content (AvgIpc) is 3.56. The lowest BCUT2D eigenvalue weighted by molar-refractivity contribution is -0.385. The zero-order valence-electron chi connectivity index (χ0n) is 15.9. The Morgan fingerprint density at radius 2 is 1.93 bits per heavy atom. The van der Waals surface area contributed by atoms with E-state index in [1.165, 1.54) is 30.3 Å². The number of nitrogens with zero attached hydrogens (tertiary/aromatic N) is 3. The highest BCUT2D eigenvalue weighted by atomic mass is 35.5. The molecule has 8 nitrogen and oxygen atoms in total. The Bertz CT molecular complexity index is 1150. The third kappa shape index (κ3) is 4.08. The van der Waals surface area contributed by atoms with Gasteiger partial charge in [0.2, 0.25) is 0 Å². The monoisotopic (exact) mass is 425 g/mol. The van der Waals surface area contributed by atoms with E-state index in [1.807, 2.05) is 25.1 Å². The number of hydrogen-bond acceptors (Lipinski definition) is 7. The first-order valence-electron chi connectivity index (χ1n) is 9.20. The molecular formula is C21H16ClN3O5. The Balaban J connectivity index is 1.67. The minimum absolute atomic E-state index is 0.0140. The lowest BCUT2D eigenvalue weighted by atomic mass is 10.1. The Labute approximate surface area is 176 Å². The number of rotatable bonds is 6. The van der Waals surface area contributed by atoms with Gasteiger partial charge in [-0.25, -0.2) is 4.79 Å². The van der Waals surface area contributed by atoms with Gasteiger partial charge in [0.05, 0.1) is 4.92 Å². The molecule has 1 saturated carbocycles. The highest BCUT2D eigenvalue weighted by Gasteiger charge is 2.29. The van der Waals surface area contributed by atoms with Crippen molar-refractivity contribution in [3.8, 4) is 17.4 Å². The van der Waals surface area contributed by atoms with E-state index in [0.717, 1.165) is 24.0 Å². The largest absolute Gasteiger partial charge is 0.434 e. The molecule has 0 bridgehead atoms. The van der Waals surface area contributed by atoms with E-state index in [1.54, 1.807) is 0 Å². The van der Waals surface area contributed by atoms with Gasteiger partial charge in [-0.3, -0.25) is 10.1 Å². The van der Waals surface area contributed by atoms with Crippen LogP contribution in [0.25, 0.3) is 0 Å². The maximum atomic E-state index is 12.6. The van der Waals surface area contributed by atoms with Crippen LogP contribution in [0, 0.1) is 17.0 Å². The average molecular weight is 426 g/mol. The van der Waals surface area contributed by atoms with Gasteiger partial charge in [0, 0.05) is 12.1 Å². The van der Waals surface area contributed by atoms with E-state index in [2.05, 4.69) is 10.2 Å². The van der Waals surface area contributed by atoms with Crippen molar-refractivity contribution in [3.05, 3.63) is 80.5 Å². The molecule has 0 radical (unpaired) electrons. The summed E-state index contributed by atoms with van der Waals surface area (Å²) in [4.78, 5) is 23.2. The summed E-state index contributed by atoms with van der Waals surface area (Å²) in [5.74, 6) is -0.0214. The van der Waals surface area contributed by atoms with Crippen LogP contribution in [0.4, 0.5) is 5.69 Å². The molecular weight excluding hydrogens is 410 g/mol. The number of esters is 1. The van der Waals surface area contributed by atoms with E-state index in [9.17, 15) is 14.9 Å². The lowest BCUT2D eigenvalue weighted by Gasteiger charge is -2.14. The fourth-order valence-corrected chi connectivity index (χ4v) is 3.21. The summed E-state index contributed by atoms with van der Waals surface area (Å²) >= 11 is 5.93. The van der Waals surface area contributed by atoms with Gasteiger partial charge in [-0.05, 0) is 42.9 Å². The molecule has 30 heavy (non-hydrogen) atoms. The molecule has 1 fully saturated rings. The fraction of sp³-hybridized carbons (Fsp3) is 0.190. The molecule has 0 aliphatic heterocycles. The zero-order valence-corrected chi connectivity index (χ0v) is 16.6. The first-order chi connectivity index (χ1) is 14.4. The van der Waals surface area contributed by atoms with Crippen molar-refractivity contribution in [1.29, 1.82) is 0 Å². The van der Waals surface area contributed by atoms with E-state index in [0.29, 0.717) is 11.7 Å². The molecule has 9 heteroatoms. The smallest absolute Gasteiger partial charge is 0.350 e. The molecule has 0 spiro atoms. The number of aromatic nitrogens is 2. The van der Waals surface area contributed by atoms with E-state index >= 15 is 0 Å². The quantitative estimate of drug-likeness (QED) is 0.302. The van der Waals surface area contributed by atoms with Crippen LogP contribution in [0.15, 0.2) is 48.5 Å². The summed E-state index contributed by atoms with van der Waals surface area (Å²) in [6.45, 7) is 1.91. The van der Waals surface area contributed by atoms with Crippen LogP contribution in [-0.2, 0) is 0 Å². The van der Waals surface area contributed by atoms with Gasteiger partial charge in [0.25, 0.3) is 11.6 Å². The summed E-state index contributed by atoms with van der Waals surface area (Å²) in [7, 11) is 0. The van der Waals surface area contributed by atoms with Crippen LogP contribution in [0.3, 0.4) is 0 Å². The minimum atomic E-state index is -0.927. The third-order valence-corrected chi connectivity index (χ3v) is 4.86. The van der Waals surface area contributed by atoms with E-state index in [-0.39, 0.29) is 28.0 Å². The number of para-hydroxylation sites is 2. The normalized spacial score (nSPS) is 13.0. The van der Waals surface area contributed by atoms with E-state index < -0.39 is 10.9 Å². The van der Waals surface area contributed by atoms with Crippen LogP contribution in [0.1, 0.15) is 40.2 Å². The van der Waals surface area contributed by atoms with Crippen molar-refractivity contribution in [3.63, 3.8) is 0 Å². The van der Waals surface area contributed by atoms with Crippen LogP contribution in [-0.4, -0.2) is 21.1 Å². The van der Waals surface area contributed by atoms with Crippen LogP contribution in [0.2, 0.25) is 5.15 Å². The Morgan fingerprint density at radius 3 is 2.67 bits per heavy atom. The maximum absolute atomic E-state index is 12.6. The first kappa shape index (κ1) is 19.8. The molecule has 1 aliphatic rings. The number of carbonyl (C=O) groups excluding carboxylic acids is 1. The van der Waals surface area contributed by atoms with Crippen molar-refractivity contribution in [2.45, 2.75) is 25.7 Å². The summed E-state index contributed by atoms with van der Waals surface area (Å²) < 4.78 is 11.4. The fourth-order valence-electron chi connectivity index (χ4n) is 3.07. The molecule has 2 aromatic carbocycles. The topological polar surface area (TPSA) is 104 Å². The van der Waals surface area contributed by atoms with Crippen molar-refractivity contribution >= 4 is 23.3 Å². The number of halogens is 1. The van der Waals surface area contributed by atoms with Crippen LogP contribution < -0.4 is 9.47 Å². The maximum Gasteiger partial charge on any atom is 0.350 e. The van der Waals surface area contributed by atoms with Gasteiger partial charge in [-0.15, -0.1) is 10.2 Å². The van der Waals surface area contributed by atoms with Crippen LogP contribution in [0.5, 0.6) is 17.4 Å². The summed E-state index contributed by atoms with van der Waals surface area (Å²) in [5.41, 5.74) is 1.37. The van der Waals surface area contributed by atoms with Crippen molar-refractivity contribution in [1.82, 2.24) is 10.2 Å². The van der Waals surface area contributed by atoms with Gasteiger partial charge < -0.3 is 9.47 Å². The Kier molecular flexibility index (Phi) is 5.33. The molecule has 0 saturated heterocycles. The van der Waals surface area contributed by atoms with Crippen molar-refractivity contribution in [2.75, 3.05) is 0 Å². The number of hydrogen-bond donors (Lipinski definition) is 0. The van der Waals surface area contributed by atoms with Gasteiger partial charge in [-0.1, -0.05) is 41.9 Å². The molecule has 0 amide bonds. The SMILES string of the molecule is Cc1cccc(C2CC2)c1Oc1nnc(Cl)cc1OC(=O)c1ccccc1[N+](=O)[O-]. The second-order valence-corrected chi connectivity index (χ2v) is 7.26. The van der Waals surface area contributed by atoms with E-state index in [4.69, 9.17) is 21.1 Å². The second-order valence-electron chi connectivity index (χ2n) is 6.87. The van der Waals surface area contributed by atoms with Crippen molar-refractivity contribution in [2.24, 2.45) is 0 Å². The number of carbonyl (C=O) groups is 1. The highest BCUT2D eigenvalue weighted by Crippen LogP contribution is 2.47. The second kappa shape index (κ2) is 8.08. The molecule has 3 aromatic rings. The van der Waals surface area contributed by atoms with Gasteiger partial charge >= 0.3 is 5.97 Å². The van der Waals surface area contributed by atoms with Gasteiger partial charge in [-0.2, -0.15) is 0 Å². The molecule has 4 rings (SSSR count). The highest BCUT2D eigenvalue weighted by molar-refractivity contribution is 6.29.